The van der Waals surface area contributed by atoms with E-state index < -0.39 is 11.7 Å². The van der Waals surface area contributed by atoms with E-state index in [1.165, 1.54) is 12.1 Å². The molecule has 236 valence electrons. The summed E-state index contributed by atoms with van der Waals surface area (Å²) in [6.07, 6.45) is -4.56. The summed E-state index contributed by atoms with van der Waals surface area (Å²) in [7, 11) is 0. The molecule has 2 aromatic heterocycles. The molecule has 0 unspecified atom stereocenters. The van der Waals surface area contributed by atoms with E-state index in [0.717, 1.165) is 56.3 Å². The number of fused-ring (bicyclic) bond motifs is 2. The minimum absolute atomic E-state index is 0.0207. The van der Waals surface area contributed by atoms with Gasteiger partial charge in [0.05, 0.1) is 50.4 Å². The van der Waals surface area contributed by atoms with Crippen molar-refractivity contribution in [1.82, 2.24) is 19.9 Å². The molecule has 0 saturated carbocycles. The molecule has 8 rings (SSSR count). The number of aromatic nitrogens is 4. The molecule has 0 aliphatic rings. The van der Waals surface area contributed by atoms with Gasteiger partial charge in [-0.1, -0.05) is 115 Å². The zero-order valence-corrected chi connectivity index (χ0v) is 26.3. The molecule has 2 heterocycles. The molecule has 8 aromatic rings. The average Bonchev–Trinajstić information content (AvgIpc) is 3.14. The lowest BCUT2D eigenvalue weighted by Crippen LogP contribution is -2.08. The highest BCUT2D eigenvalue weighted by atomic mass is 19.4. The van der Waals surface area contributed by atoms with Crippen molar-refractivity contribution in [2.24, 2.45) is 0 Å². The van der Waals surface area contributed by atoms with Crippen LogP contribution in [0.2, 0.25) is 0 Å². The van der Waals surface area contributed by atoms with Crippen LogP contribution in [0.15, 0.2) is 146 Å². The van der Waals surface area contributed by atoms with Crippen molar-refractivity contribution in [2.45, 2.75) is 13.1 Å². The summed E-state index contributed by atoms with van der Waals surface area (Å²) in [6, 6.07) is 44.4. The molecule has 49 heavy (non-hydrogen) atoms. The van der Waals surface area contributed by atoms with Gasteiger partial charge in [0.1, 0.15) is 0 Å². The number of hydrogen-bond donors (Lipinski definition) is 0. The Bertz CT molecular complexity index is 2490. The minimum atomic E-state index is -4.56. The molecule has 0 spiro atoms. The summed E-state index contributed by atoms with van der Waals surface area (Å²) >= 11 is 0. The lowest BCUT2D eigenvalue weighted by molar-refractivity contribution is -0.137. The summed E-state index contributed by atoms with van der Waals surface area (Å²) in [6.45, 7) is 2.06. The molecular weight excluding hydrogens is 617 g/mol. The third-order valence-corrected chi connectivity index (χ3v) is 8.64. The van der Waals surface area contributed by atoms with Crippen LogP contribution in [0.3, 0.4) is 0 Å². The summed E-state index contributed by atoms with van der Waals surface area (Å²) in [5.41, 5.74) is 9.36. The second-order valence-corrected chi connectivity index (χ2v) is 11.8. The van der Waals surface area contributed by atoms with E-state index in [2.05, 4.69) is 19.1 Å². The van der Waals surface area contributed by atoms with Crippen molar-refractivity contribution in [2.75, 3.05) is 0 Å². The third kappa shape index (κ3) is 5.69. The van der Waals surface area contributed by atoms with Crippen molar-refractivity contribution in [1.29, 1.82) is 0 Å². The van der Waals surface area contributed by atoms with Gasteiger partial charge >= 0.3 is 6.18 Å². The maximum atomic E-state index is 14.2. The Kier molecular flexibility index (Phi) is 7.45. The SMILES string of the molecule is Cc1ccccc1-c1nc2cc(-c3ccc4nc(-c5ccccc5)c(-c5ccccc5C(F)(F)F)nc4c3)ccc2nc1-c1ccccc1. The minimum Gasteiger partial charge on any atom is -0.244 e. The molecule has 0 fully saturated rings. The fourth-order valence-electron chi connectivity index (χ4n) is 6.21. The molecule has 0 amide bonds. The molecule has 0 atom stereocenters. The van der Waals surface area contributed by atoms with Crippen LogP contribution in [0.1, 0.15) is 11.1 Å². The summed E-state index contributed by atoms with van der Waals surface area (Å²) in [5, 5.41) is 0. The topological polar surface area (TPSA) is 51.6 Å². The molecule has 0 bridgehead atoms. The molecule has 0 aliphatic heterocycles. The number of nitrogens with zero attached hydrogens (tertiary/aromatic N) is 4. The molecule has 0 radical (unpaired) electrons. The zero-order valence-electron chi connectivity index (χ0n) is 26.3. The lowest BCUT2D eigenvalue weighted by atomic mass is 9.98. The highest BCUT2D eigenvalue weighted by Gasteiger charge is 2.34. The van der Waals surface area contributed by atoms with Crippen LogP contribution in [-0.4, -0.2) is 19.9 Å². The Morgan fingerprint density at radius 3 is 1.33 bits per heavy atom. The van der Waals surface area contributed by atoms with Gasteiger partial charge in [-0.3, -0.25) is 0 Å². The van der Waals surface area contributed by atoms with Crippen molar-refractivity contribution in [3.05, 3.63) is 157 Å². The fourth-order valence-corrected chi connectivity index (χ4v) is 6.21. The first-order valence-electron chi connectivity index (χ1n) is 15.8. The van der Waals surface area contributed by atoms with E-state index in [4.69, 9.17) is 19.9 Å². The molecular formula is C42H27F3N4. The maximum absolute atomic E-state index is 14.2. The number of aryl methyl sites for hydroxylation is 1. The Labute approximate surface area is 280 Å². The van der Waals surface area contributed by atoms with Gasteiger partial charge in [0, 0.05) is 22.3 Å². The van der Waals surface area contributed by atoms with Gasteiger partial charge in [-0.15, -0.1) is 0 Å². The van der Waals surface area contributed by atoms with Crippen molar-refractivity contribution in [3.8, 4) is 56.2 Å². The Morgan fingerprint density at radius 1 is 0.388 bits per heavy atom. The maximum Gasteiger partial charge on any atom is 0.417 e. The second kappa shape index (κ2) is 12.1. The van der Waals surface area contributed by atoms with Crippen LogP contribution in [-0.2, 0) is 6.18 Å². The smallest absolute Gasteiger partial charge is 0.244 e. The Morgan fingerprint density at radius 2 is 0.816 bits per heavy atom. The van der Waals surface area contributed by atoms with Crippen molar-refractivity contribution >= 4 is 22.1 Å². The van der Waals surface area contributed by atoms with E-state index in [1.807, 2.05) is 109 Å². The Balaban J connectivity index is 1.30. The summed E-state index contributed by atoms with van der Waals surface area (Å²) in [4.78, 5) is 20.0. The molecule has 0 N–H and O–H groups in total. The van der Waals surface area contributed by atoms with Crippen LogP contribution < -0.4 is 0 Å². The van der Waals surface area contributed by atoms with Gasteiger partial charge in [0.2, 0.25) is 0 Å². The first-order valence-corrected chi connectivity index (χ1v) is 15.8. The molecule has 0 saturated heterocycles. The van der Waals surface area contributed by atoms with Gasteiger partial charge in [0.25, 0.3) is 0 Å². The first-order chi connectivity index (χ1) is 23.8. The second-order valence-electron chi connectivity index (χ2n) is 11.8. The van der Waals surface area contributed by atoms with Gasteiger partial charge in [-0.05, 0) is 53.9 Å². The van der Waals surface area contributed by atoms with E-state index in [9.17, 15) is 13.2 Å². The van der Waals surface area contributed by atoms with E-state index >= 15 is 0 Å². The Hall–Kier alpha value is -6.21. The number of halogens is 3. The van der Waals surface area contributed by atoms with E-state index in [-0.39, 0.29) is 11.3 Å². The number of rotatable bonds is 5. The predicted octanol–water partition coefficient (Wildman–Crippen LogP) is 11.2. The highest BCUT2D eigenvalue weighted by Crippen LogP contribution is 2.40. The molecule has 6 aromatic carbocycles. The largest absolute Gasteiger partial charge is 0.417 e. The molecule has 7 heteroatoms. The van der Waals surface area contributed by atoms with Gasteiger partial charge in [0.15, 0.2) is 0 Å². The van der Waals surface area contributed by atoms with Crippen LogP contribution in [0.25, 0.3) is 78.2 Å². The third-order valence-electron chi connectivity index (χ3n) is 8.64. The number of alkyl halides is 3. The highest BCUT2D eigenvalue weighted by molar-refractivity contribution is 5.92. The van der Waals surface area contributed by atoms with E-state index in [1.54, 1.807) is 6.07 Å². The van der Waals surface area contributed by atoms with Crippen molar-refractivity contribution in [3.63, 3.8) is 0 Å². The fraction of sp³-hybridized carbons (Fsp3) is 0.0476. The van der Waals surface area contributed by atoms with E-state index in [0.29, 0.717) is 22.3 Å². The quantitative estimate of drug-likeness (QED) is 0.187. The molecule has 4 nitrogen and oxygen atoms in total. The first kappa shape index (κ1) is 30.1. The predicted molar refractivity (Wildman–Crippen MR) is 190 cm³/mol. The summed E-state index contributed by atoms with van der Waals surface area (Å²) in [5.74, 6) is 0. The zero-order chi connectivity index (χ0) is 33.5. The normalized spacial score (nSPS) is 11.7. The van der Waals surface area contributed by atoms with Crippen LogP contribution in [0.5, 0.6) is 0 Å². The summed E-state index contributed by atoms with van der Waals surface area (Å²) < 4.78 is 42.6. The van der Waals surface area contributed by atoms with Crippen LogP contribution in [0.4, 0.5) is 13.2 Å². The number of benzene rings is 6. The van der Waals surface area contributed by atoms with Crippen molar-refractivity contribution < 1.29 is 13.2 Å². The van der Waals surface area contributed by atoms with Gasteiger partial charge < -0.3 is 0 Å². The van der Waals surface area contributed by atoms with Crippen LogP contribution in [0, 0.1) is 6.92 Å². The average molecular weight is 645 g/mol. The monoisotopic (exact) mass is 644 g/mol. The van der Waals surface area contributed by atoms with Gasteiger partial charge in [-0.2, -0.15) is 13.2 Å². The lowest BCUT2D eigenvalue weighted by Gasteiger charge is -2.16. The standard InChI is InChI=1S/C42H27F3N4/c1-26-12-8-9-17-31(26)40-38(27-13-4-2-5-14-27)46-34-22-20-29(24-36(34)48-40)30-21-23-35-37(25-30)49-41(39(47-35)28-15-6-3-7-16-28)32-18-10-11-19-33(32)42(43,44)45/h2-25H,1H3. The number of hydrogen-bond acceptors (Lipinski definition) is 4. The van der Waals surface area contributed by atoms with Crippen LogP contribution >= 0.6 is 0 Å². The van der Waals surface area contributed by atoms with Gasteiger partial charge in [-0.25, -0.2) is 19.9 Å². The molecule has 0 aliphatic carbocycles.